The molecule has 0 unspecified atom stereocenters. The van der Waals surface area contributed by atoms with Crippen LogP contribution in [0.5, 0.6) is 11.5 Å². The van der Waals surface area contributed by atoms with Crippen molar-refractivity contribution in [2.45, 2.75) is 11.3 Å². The molecule has 0 radical (unpaired) electrons. The summed E-state index contributed by atoms with van der Waals surface area (Å²) in [6.07, 6.45) is 0.475. The zero-order valence-electron chi connectivity index (χ0n) is 21.5. The highest BCUT2D eigenvalue weighted by atomic mass is 35.5. The van der Waals surface area contributed by atoms with Crippen LogP contribution in [0.2, 0.25) is 5.02 Å². The average Bonchev–Trinajstić information content (AvgIpc) is 2.95. The van der Waals surface area contributed by atoms with Gasteiger partial charge in [-0.15, -0.1) is 0 Å². The zero-order valence-corrected chi connectivity index (χ0v) is 23.1. The van der Waals surface area contributed by atoms with E-state index in [4.69, 9.17) is 21.1 Å². The van der Waals surface area contributed by atoms with Gasteiger partial charge >= 0.3 is 0 Å². The number of amides is 1. The SMILES string of the molecule is COc1ccc(S(=O)(=O)N(CCc2ccccc2)CC(=O)N2CCN(c3cccc(Cl)c3)CC2)cc1OC. The van der Waals surface area contributed by atoms with Crippen molar-refractivity contribution >= 4 is 33.2 Å². The summed E-state index contributed by atoms with van der Waals surface area (Å²) in [6, 6.07) is 21.7. The van der Waals surface area contributed by atoms with Crippen molar-refractivity contribution < 1.29 is 22.7 Å². The van der Waals surface area contributed by atoms with E-state index in [1.165, 1.54) is 30.7 Å². The third-order valence-electron chi connectivity index (χ3n) is 6.60. The van der Waals surface area contributed by atoms with Gasteiger partial charge in [-0.1, -0.05) is 48.0 Å². The minimum Gasteiger partial charge on any atom is -0.493 e. The lowest BCUT2D eigenvalue weighted by Crippen LogP contribution is -2.52. The fraction of sp³-hybridized carbons (Fsp3) is 0.321. The first-order valence-corrected chi connectivity index (χ1v) is 14.2. The molecule has 3 aromatic carbocycles. The minimum absolute atomic E-state index is 0.0433. The molecular formula is C28H32ClN3O5S. The Bertz CT molecular complexity index is 1350. The van der Waals surface area contributed by atoms with Crippen molar-refractivity contribution in [1.29, 1.82) is 0 Å². The van der Waals surface area contributed by atoms with Gasteiger partial charge < -0.3 is 19.3 Å². The maximum atomic E-state index is 13.7. The Kier molecular flexibility index (Phi) is 9.14. The number of hydrogen-bond acceptors (Lipinski definition) is 6. The smallest absolute Gasteiger partial charge is 0.243 e. The van der Waals surface area contributed by atoms with Crippen LogP contribution in [0.1, 0.15) is 5.56 Å². The second-order valence-electron chi connectivity index (χ2n) is 8.94. The number of rotatable bonds is 10. The highest BCUT2D eigenvalue weighted by molar-refractivity contribution is 7.89. The van der Waals surface area contributed by atoms with Crippen molar-refractivity contribution in [2.24, 2.45) is 0 Å². The van der Waals surface area contributed by atoms with Crippen molar-refractivity contribution in [3.63, 3.8) is 0 Å². The second-order valence-corrected chi connectivity index (χ2v) is 11.3. The fourth-order valence-electron chi connectivity index (χ4n) is 4.45. The molecule has 0 spiro atoms. The predicted molar refractivity (Wildman–Crippen MR) is 149 cm³/mol. The van der Waals surface area contributed by atoms with Gasteiger partial charge in [0.15, 0.2) is 11.5 Å². The molecule has 3 aromatic rings. The van der Waals surface area contributed by atoms with Crippen LogP contribution in [0, 0.1) is 0 Å². The number of sulfonamides is 1. The molecule has 1 amide bonds. The number of carbonyl (C=O) groups excluding carboxylic acids is 1. The summed E-state index contributed by atoms with van der Waals surface area (Å²) in [7, 11) is -1.05. The van der Waals surface area contributed by atoms with E-state index < -0.39 is 10.0 Å². The third kappa shape index (κ3) is 6.59. The molecule has 8 nitrogen and oxygen atoms in total. The van der Waals surface area contributed by atoms with Gasteiger partial charge in [0, 0.05) is 49.5 Å². The molecule has 0 atom stereocenters. The molecule has 38 heavy (non-hydrogen) atoms. The molecule has 1 aliphatic rings. The van der Waals surface area contributed by atoms with Gasteiger partial charge in [0.2, 0.25) is 15.9 Å². The third-order valence-corrected chi connectivity index (χ3v) is 8.68. The largest absolute Gasteiger partial charge is 0.493 e. The predicted octanol–water partition coefficient (Wildman–Crippen LogP) is 3.94. The maximum Gasteiger partial charge on any atom is 0.243 e. The van der Waals surface area contributed by atoms with Gasteiger partial charge in [0.1, 0.15) is 0 Å². The van der Waals surface area contributed by atoms with Gasteiger partial charge in [-0.25, -0.2) is 8.42 Å². The molecule has 0 saturated carbocycles. The van der Waals surface area contributed by atoms with E-state index in [2.05, 4.69) is 4.90 Å². The summed E-state index contributed by atoms with van der Waals surface area (Å²) in [5, 5.41) is 0.662. The molecule has 1 heterocycles. The van der Waals surface area contributed by atoms with Crippen LogP contribution in [0.15, 0.2) is 77.7 Å². The molecule has 1 fully saturated rings. The van der Waals surface area contributed by atoms with E-state index in [0.29, 0.717) is 49.1 Å². The Labute approximate surface area is 229 Å². The van der Waals surface area contributed by atoms with E-state index >= 15 is 0 Å². The average molecular weight is 558 g/mol. The highest BCUT2D eigenvalue weighted by Crippen LogP contribution is 2.31. The number of benzene rings is 3. The maximum absolute atomic E-state index is 13.7. The molecule has 1 saturated heterocycles. The number of anilines is 1. The summed E-state index contributed by atoms with van der Waals surface area (Å²) in [4.78, 5) is 17.3. The molecule has 202 valence electrons. The number of methoxy groups -OCH3 is 2. The minimum atomic E-state index is -4.00. The fourth-order valence-corrected chi connectivity index (χ4v) is 6.04. The Hall–Kier alpha value is -3.27. The van der Waals surface area contributed by atoms with E-state index in [9.17, 15) is 13.2 Å². The van der Waals surface area contributed by atoms with E-state index in [1.54, 1.807) is 11.0 Å². The Balaban J connectivity index is 1.51. The van der Waals surface area contributed by atoms with Gasteiger partial charge in [-0.2, -0.15) is 4.31 Å². The van der Waals surface area contributed by atoms with Gasteiger partial charge in [0.25, 0.3) is 0 Å². The number of halogens is 1. The van der Waals surface area contributed by atoms with E-state index in [-0.39, 0.29) is 23.9 Å². The van der Waals surface area contributed by atoms with E-state index in [0.717, 1.165) is 11.3 Å². The normalized spacial score (nSPS) is 14.0. The lowest BCUT2D eigenvalue weighted by atomic mass is 10.1. The second kappa shape index (κ2) is 12.5. The monoisotopic (exact) mass is 557 g/mol. The van der Waals surface area contributed by atoms with Crippen LogP contribution in [0.25, 0.3) is 0 Å². The van der Waals surface area contributed by atoms with Crippen molar-refractivity contribution in [1.82, 2.24) is 9.21 Å². The summed E-state index contributed by atoms with van der Waals surface area (Å²) >= 11 is 6.14. The quantitative estimate of drug-likeness (QED) is 0.376. The number of piperazine rings is 1. The molecule has 0 aromatic heterocycles. The molecule has 0 bridgehead atoms. The lowest BCUT2D eigenvalue weighted by Gasteiger charge is -2.37. The topological polar surface area (TPSA) is 79.4 Å². The van der Waals surface area contributed by atoms with Crippen LogP contribution in [0.4, 0.5) is 5.69 Å². The molecule has 10 heteroatoms. The van der Waals surface area contributed by atoms with Crippen LogP contribution in [-0.2, 0) is 21.2 Å². The van der Waals surface area contributed by atoms with Crippen molar-refractivity contribution in [2.75, 3.05) is 58.4 Å². The van der Waals surface area contributed by atoms with Crippen LogP contribution >= 0.6 is 11.6 Å². The summed E-state index contributed by atoms with van der Waals surface area (Å²) in [5.41, 5.74) is 1.99. The van der Waals surface area contributed by atoms with E-state index in [1.807, 2.05) is 54.6 Å². The molecule has 0 aliphatic carbocycles. The first-order valence-electron chi connectivity index (χ1n) is 12.4. The van der Waals surface area contributed by atoms with Crippen molar-refractivity contribution in [3.8, 4) is 11.5 Å². The summed E-state index contributed by atoms with van der Waals surface area (Å²) < 4.78 is 39.3. The van der Waals surface area contributed by atoms with Crippen molar-refractivity contribution in [3.05, 3.63) is 83.4 Å². The standard InChI is InChI=1S/C28H32ClN3O5S/c1-36-26-12-11-25(20-27(26)37-2)38(34,35)32(14-13-22-7-4-3-5-8-22)21-28(33)31-17-15-30(16-18-31)24-10-6-9-23(29)19-24/h3-12,19-20H,13-18,21H2,1-2H3. The highest BCUT2D eigenvalue weighted by Gasteiger charge is 2.30. The molecule has 4 rings (SSSR count). The Morgan fingerprint density at radius 3 is 2.26 bits per heavy atom. The van der Waals surface area contributed by atoms with Gasteiger partial charge in [-0.3, -0.25) is 4.79 Å². The van der Waals surface area contributed by atoms with Crippen LogP contribution in [0.3, 0.4) is 0 Å². The number of carbonyl (C=O) groups is 1. The molecular weight excluding hydrogens is 526 g/mol. The Morgan fingerprint density at radius 2 is 1.61 bits per heavy atom. The first kappa shape index (κ1) is 27.8. The van der Waals surface area contributed by atoms with Gasteiger partial charge in [-0.05, 0) is 42.3 Å². The molecule has 0 N–H and O–H groups in total. The Morgan fingerprint density at radius 1 is 0.895 bits per heavy atom. The first-order chi connectivity index (χ1) is 18.3. The number of hydrogen-bond donors (Lipinski definition) is 0. The number of nitrogens with zero attached hydrogens (tertiary/aromatic N) is 3. The molecule has 1 aliphatic heterocycles. The number of ether oxygens (including phenoxy) is 2. The van der Waals surface area contributed by atoms with Crippen LogP contribution in [-0.4, -0.2) is 77.0 Å². The zero-order chi connectivity index (χ0) is 27.1. The van der Waals surface area contributed by atoms with Crippen LogP contribution < -0.4 is 14.4 Å². The van der Waals surface area contributed by atoms with Gasteiger partial charge in [0.05, 0.1) is 25.7 Å². The summed E-state index contributed by atoms with van der Waals surface area (Å²) in [6.45, 7) is 2.18. The lowest BCUT2D eigenvalue weighted by molar-refractivity contribution is -0.131. The summed E-state index contributed by atoms with van der Waals surface area (Å²) in [5.74, 6) is 0.504.